The fourth-order valence-electron chi connectivity index (χ4n) is 2.40. The summed E-state index contributed by atoms with van der Waals surface area (Å²) in [7, 11) is 0. The van der Waals surface area contributed by atoms with Crippen LogP contribution in [0.25, 0.3) is 0 Å². The van der Waals surface area contributed by atoms with Gasteiger partial charge in [-0.1, -0.05) is 0 Å². The lowest BCUT2D eigenvalue weighted by Gasteiger charge is -2.36. The van der Waals surface area contributed by atoms with Crippen LogP contribution in [-0.2, 0) is 0 Å². The predicted octanol–water partition coefficient (Wildman–Crippen LogP) is 4.10. The zero-order chi connectivity index (χ0) is 13.1. The third-order valence-corrected chi connectivity index (χ3v) is 7.96. The molecule has 2 heterocycles. The molecule has 18 heavy (non-hydrogen) atoms. The first-order valence-electron chi connectivity index (χ1n) is 6.07. The number of likely N-dealkylation sites (tertiary alicyclic amines) is 1. The Kier molecular flexibility index (Phi) is 6.03. The first kappa shape index (κ1) is 15.3. The van der Waals surface area contributed by atoms with Gasteiger partial charge in [0, 0.05) is 21.1 Å². The van der Waals surface area contributed by atoms with Crippen LogP contribution in [0.3, 0.4) is 0 Å². The molecule has 0 saturated carbocycles. The van der Waals surface area contributed by atoms with E-state index in [0.717, 1.165) is 13.5 Å². The van der Waals surface area contributed by atoms with E-state index < -0.39 is 0 Å². The average molecular weight is 414 g/mol. The van der Waals surface area contributed by atoms with Crippen LogP contribution in [-0.4, -0.2) is 36.0 Å². The molecule has 1 fully saturated rings. The smallest absolute Gasteiger partial charge is 0.0843 e. The molecule has 0 aromatic carbocycles. The molecule has 2 rings (SSSR count). The summed E-state index contributed by atoms with van der Waals surface area (Å²) in [5.41, 5.74) is 5.99. The van der Waals surface area contributed by atoms with Crippen LogP contribution in [0.2, 0.25) is 0 Å². The summed E-state index contributed by atoms with van der Waals surface area (Å²) in [4.78, 5) is 3.90. The van der Waals surface area contributed by atoms with Gasteiger partial charge in [0.1, 0.15) is 0 Å². The lowest BCUT2D eigenvalue weighted by atomic mass is 10.1. The van der Waals surface area contributed by atoms with E-state index in [1.54, 1.807) is 11.3 Å². The quantitative estimate of drug-likeness (QED) is 0.805. The van der Waals surface area contributed by atoms with Gasteiger partial charge in [-0.25, -0.2) is 0 Å². The molecule has 1 aromatic rings. The molecule has 0 amide bonds. The van der Waals surface area contributed by atoms with Crippen LogP contribution in [0.15, 0.2) is 14.3 Å². The van der Waals surface area contributed by atoms with Gasteiger partial charge in [-0.3, -0.25) is 4.90 Å². The van der Waals surface area contributed by atoms with Crippen LogP contribution in [0.1, 0.15) is 23.8 Å². The van der Waals surface area contributed by atoms with Crippen molar-refractivity contribution in [2.24, 2.45) is 5.73 Å². The zero-order valence-electron chi connectivity index (χ0n) is 10.4. The largest absolute Gasteiger partial charge is 0.329 e. The van der Waals surface area contributed by atoms with Gasteiger partial charge in [0.2, 0.25) is 0 Å². The summed E-state index contributed by atoms with van der Waals surface area (Å²) >= 11 is 10.9. The molecule has 1 aromatic heterocycles. The molecule has 1 aliphatic rings. The molecule has 0 bridgehead atoms. The summed E-state index contributed by atoms with van der Waals surface area (Å²) in [5, 5.41) is 0.835. The van der Waals surface area contributed by atoms with E-state index in [1.165, 1.54) is 30.8 Å². The second kappa shape index (κ2) is 7.09. The number of nitrogens with two attached hydrogens (primary N) is 1. The molecule has 1 unspecified atom stereocenters. The van der Waals surface area contributed by atoms with Gasteiger partial charge >= 0.3 is 0 Å². The van der Waals surface area contributed by atoms with E-state index in [-0.39, 0.29) is 0 Å². The van der Waals surface area contributed by atoms with Crippen molar-refractivity contribution in [3.05, 3.63) is 19.2 Å². The van der Waals surface area contributed by atoms with Crippen LogP contribution >= 0.6 is 55.0 Å². The van der Waals surface area contributed by atoms with E-state index in [1.807, 2.05) is 11.8 Å². The zero-order valence-corrected chi connectivity index (χ0v) is 15.2. The Morgan fingerprint density at radius 3 is 2.61 bits per heavy atom. The topological polar surface area (TPSA) is 29.3 Å². The van der Waals surface area contributed by atoms with Crippen molar-refractivity contribution >= 4 is 55.0 Å². The standard InChI is InChI=1S/C12H18Br2N2S2/c1-17-8-2-4-16(5-3-8)10(7-15)11-6-9(13)12(14)18-11/h6,8,10H,2-5,7,15H2,1H3. The van der Waals surface area contributed by atoms with Crippen molar-refractivity contribution < 1.29 is 0 Å². The van der Waals surface area contributed by atoms with Crippen LogP contribution in [0.4, 0.5) is 0 Å². The van der Waals surface area contributed by atoms with E-state index in [4.69, 9.17) is 5.73 Å². The lowest BCUT2D eigenvalue weighted by Crippen LogP contribution is -2.40. The van der Waals surface area contributed by atoms with E-state index in [9.17, 15) is 0 Å². The first-order chi connectivity index (χ1) is 8.65. The molecule has 0 spiro atoms. The fraction of sp³-hybridized carbons (Fsp3) is 0.667. The van der Waals surface area contributed by atoms with Crippen molar-refractivity contribution in [3.63, 3.8) is 0 Å². The average Bonchev–Trinajstić information content (AvgIpc) is 2.71. The van der Waals surface area contributed by atoms with Crippen molar-refractivity contribution in [2.45, 2.75) is 24.1 Å². The number of hydrogen-bond donors (Lipinski definition) is 1. The Morgan fingerprint density at radius 1 is 1.50 bits per heavy atom. The number of thiophene rings is 1. The third kappa shape index (κ3) is 3.52. The minimum Gasteiger partial charge on any atom is -0.329 e. The van der Waals surface area contributed by atoms with E-state index in [0.29, 0.717) is 12.6 Å². The third-order valence-electron chi connectivity index (χ3n) is 3.47. The number of piperidine rings is 1. The summed E-state index contributed by atoms with van der Waals surface area (Å²) in [5.74, 6) is 0. The monoisotopic (exact) mass is 412 g/mol. The Bertz CT molecular complexity index is 370. The maximum Gasteiger partial charge on any atom is 0.0843 e. The summed E-state index contributed by atoms with van der Waals surface area (Å²) < 4.78 is 2.30. The van der Waals surface area contributed by atoms with Gasteiger partial charge in [-0.15, -0.1) is 11.3 Å². The Hall–Kier alpha value is 0.930. The van der Waals surface area contributed by atoms with Gasteiger partial charge in [0.15, 0.2) is 0 Å². The van der Waals surface area contributed by atoms with Gasteiger partial charge < -0.3 is 5.73 Å². The Balaban J connectivity index is 2.05. The van der Waals surface area contributed by atoms with Gasteiger partial charge in [-0.05, 0) is 70.1 Å². The van der Waals surface area contributed by atoms with Crippen LogP contribution in [0, 0.1) is 0 Å². The second-order valence-electron chi connectivity index (χ2n) is 4.49. The van der Waals surface area contributed by atoms with Gasteiger partial charge in [-0.2, -0.15) is 11.8 Å². The van der Waals surface area contributed by atoms with E-state index in [2.05, 4.69) is 49.1 Å². The normalized spacial score (nSPS) is 20.2. The predicted molar refractivity (Wildman–Crippen MR) is 89.6 cm³/mol. The minimum absolute atomic E-state index is 0.375. The maximum absolute atomic E-state index is 5.99. The Labute approximate surface area is 134 Å². The van der Waals surface area contributed by atoms with Crippen molar-refractivity contribution in [3.8, 4) is 0 Å². The molecule has 1 atom stereocenters. The molecule has 1 aliphatic heterocycles. The minimum atomic E-state index is 0.375. The molecule has 102 valence electrons. The maximum atomic E-state index is 5.99. The first-order valence-corrected chi connectivity index (χ1v) is 9.76. The highest BCUT2D eigenvalue weighted by atomic mass is 79.9. The van der Waals surface area contributed by atoms with Crippen molar-refractivity contribution in [1.82, 2.24) is 4.90 Å². The number of rotatable bonds is 4. The number of nitrogens with zero attached hydrogens (tertiary/aromatic N) is 1. The second-order valence-corrected chi connectivity index (χ2v) is 8.89. The molecular weight excluding hydrogens is 396 g/mol. The summed E-state index contributed by atoms with van der Waals surface area (Å²) in [6, 6.07) is 2.58. The van der Waals surface area contributed by atoms with Crippen LogP contribution in [0.5, 0.6) is 0 Å². The highest BCUT2D eigenvalue weighted by molar-refractivity contribution is 9.13. The number of hydrogen-bond acceptors (Lipinski definition) is 4. The molecular formula is C12H18Br2N2S2. The fourth-order valence-corrected chi connectivity index (χ4v) is 5.32. The van der Waals surface area contributed by atoms with Gasteiger partial charge in [0.05, 0.1) is 9.83 Å². The molecule has 2 N–H and O–H groups in total. The van der Waals surface area contributed by atoms with Crippen LogP contribution < -0.4 is 5.73 Å². The Morgan fingerprint density at radius 2 is 2.17 bits per heavy atom. The SMILES string of the molecule is CSC1CCN(C(CN)c2cc(Br)c(Br)s2)CC1. The summed E-state index contributed by atoms with van der Waals surface area (Å²) in [6.45, 7) is 3.03. The molecule has 0 radical (unpaired) electrons. The van der Waals surface area contributed by atoms with Crippen molar-refractivity contribution in [2.75, 3.05) is 25.9 Å². The molecule has 0 aliphatic carbocycles. The highest BCUT2D eigenvalue weighted by Crippen LogP contribution is 2.38. The molecule has 1 saturated heterocycles. The number of halogens is 2. The van der Waals surface area contributed by atoms with Gasteiger partial charge in [0.25, 0.3) is 0 Å². The highest BCUT2D eigenvalue weighted by Gasteiger charge is 2.26. The molecule has 6 heteroatoms. The van der Waals surface area contributed by atoms with Crippen molar-refractivity contribution in [1.29, 1.82) is 0 Å². The molecule has 2 nitrogen and oxygen atoms in total. The summed E-state index contributed by atoms with van der Waals surface area (Å²) in [6.07, 6.45) is 4.78. The lowest BCUT2D eigenvalue weighted by molar-refractivity contribution is 0.173. The van der Waals surface area contributed by atoms with E-state index >= 15 is 0 Å². The number of thioether (sulfide) groups is 1.